The van der Waals surface area contributed by atoms with Crippen LogP contribution in [0.5, 0.6) is 0 Å². The monoisotopic (exact) mass is 145 g/mol. The van der Waals surface area contributed by atoms with Crippen LogP contribution >= 0.6 is 11.6 Å². The van der Waals surface area contributed by atoms with Crippen molar-refractivity contribution in [3.63, 3.8) is 0 Å². The van der Waals surface area contributed by atoms with Gasteiger partial charge >= 0.3 is 5.13 Å². The van der Waals surface area contributed by atoms with Gasteiger partial charge in [0.2, 0.25) is 0 Å². The maximum Gasteiger partial charge on any atom is 0.309 e. The van der Waals surface area contributed by atoms with E-state index in [-0.39, 0.29) is 0 Å². The summed E-state index contributed by atoms with van der Waals surface area (Å²) in [5.74, 6) is 0. The largest absolute Gasteiger partial charge is 0.309 e. The van der Waals surface area contributed by atoms with E-state index in [9.17, 15) is 13.2 Å². The van der Waals surface area contributed by atoms with Crippen LogP contribution in [0.4, 0.5) is 13.2 Å². The van der Waals surface area contributed by atoms with Crippen molar-refractivity contribution in [2.45, 2.75) is 11.6 Å². The molecule has 8 heavy (non-hydrogen) atoms. The Morgan fingerprint density at radius 1 is 1.62 bits per heavy atom. The van der Waals surface area contributed by atoms with Crippen molar-refractivity contribution >= 4 is 17.9 Å². The summed E-state index contributed by atoms with van der Waals surface area (Å²) in [7, 11) is 0. The molecule has 0 aromatic rings. The SMILES string of the molecule is O=[C]C(F)(Cl)C(F)F. The van der Waals surface area contributed by atoms with Crippen molar-refractivity contribution in [3.8, 4) is 0 Å². The fourth-order valence-corrected chi connectivity index (χ4v) is 0.0445. The molecule has 0 aromatic heterocycles. The third kappa shape index (κ3) is 1.69. The van der Waals surface area contributed by atoms with Crippen LogP contribution in [-0.2, 0) is 4.79 Å². The van der Waals surface area contributed by atoms with E-state index in [1.165, 1.54) is 0 Å². The zero-order valence-corrected chi connectivity index (χ0v) is 4.25. The molecule has 1 nitrogen and oxygen atoms in total. The van der Waals surface area contributed by atoms with Crippen LogP contribution in [0.1, 0.15) is 0 Å². The lowest BCUT2D eigenvalue weighted by atomic mass is 10.4. The molecular formula is C3HClF3O. The molecule has 0 aliphatic carbocycles. The molecule has 0 fully saturated rings. The van der Waals surface area contributed by atoms with Gasteiger partial charge in [0.1, 0.15) is 0 Å². The average molecular weight is 145 g/mol. The van der Waals surface area contributed by atoms with Gasteiger partial charge in [0.05, 0.1) is 0 Å². The Hall–Kier alpha value is -0.250. The van der Waals surface area contributed by atoms with Crippen molar-refractivity contribution in [2.24, 2.45) is 0 Å². The number of alkyl halides is 4. The van der Waals surface area contributed by atoms with Gasteiger partial charge in [-0.25, -0.2) is 13.2 Å². The van der Waals surface area contributed by atoms with E-state index in [0.717, 1.165) is 0 Å². The summed E-state index contributed by atoms with van der Waals surface area (Å²) in [5, 5.41) is -3.62. The first-order chi connectivity index (χ1) is 3.50. The van der Waals surface area contributed by atoms with E-state index in [1.807, 2.05) is 0 Å². The Morgan fingerprint density at radius 3 is 2.00 bits per heavy atom. The smallest absolute Gasteiger partial charge is 0.285 e. The molecule has 1 radical (unpaired) electrons. The second kappa shape index (κ2) is 2.35. The molecule has 0 saturated heterocycles. The van der Waals surface area contributed by atoms with E-state index < -0.39 is 11.6 Å². The minimum absolute atomic E-state index is 0.340. The van der Waals surface area contributed by atoms with Crippen molar-refractivity contribution in [3.05, 3.63) is 0 Å². The van der Waals surface area contributed by atoms with Crippen LogP contribution < -0.4 is 0 Å². The Morgan fingerprint density at radius 2 is 2.00 bits per heavy atom. The number of rotatable bonds is 2. The molecule has 0 aromatic carbocycles. The molecular weight excluding hydrogens is 144 g/mol. The van der Waals surface area contributed by atoms with Gasteiger partial charge in [-0.2, -0.15) is 0 Å². The molecule has 0 heterocycles. The number of hydrogen-bond acceptors (Lipinski definition) is 1. The summed E-state index contributed by atoms with van der Waals surface area (Å²) in [4.78, 5) is 9.16. The summed E-state index contributed by atoms with van der Waals surface area (Å²) in [6.07, 6.45) is -3.17. The second-order valence-corrected chi connectivity index (χ2v) is 1.58. The maximum atomic E-state index is 11.5. The van der Waals surface area contributed by atoms with Crippen molar-refractivity contribution in [1.82, 2.24) is 0 Å². The third-order valence-corrected chi connectivity index (χ3v) is 0.652. The van der Waals surface area contributed by atoms with Crippen LogP contribution in [0.2, 0.25) is 0 Å². The fourth-order valence-electron chi connectivity index (χ4n) is 0.0445. The molecule has 0 spiro atoms. The Balaban J connectivity index is 3.90. The van der Waals surface area contributed by atoms with E-state index in [1.54, 1.807) is 0 Å². The number of halogens is 4. The van der Waals surface area contributed by atoms with Crippen LogP contribution in [0.15, 0.2) is 0 Å². The van der Waals surface area contributed by atoms with Gasteiger partial charge in [-0.1, -0.05) is 11.6 Å². The van der Waals surface area contributed by atoms with Crippen molar-refractivity contribution < 1.29 is 18.0 Å². The highest BCUT2D eigenvalue weighted by atomic mass is 35.5. The van der Waals surface area contributed by atoms with Gasteiger partial charge in [0.15, 0.2) is 0 Å². The molecule has 0 saturated carbocycles. The lowest BCUT2D eigenvalue weighted by Gasteiger charge is -2.04. The molecule has 5 heteroatoms. The Labute approximate surface area is 48.4 Å². The quantitative estimate of drug-likeness (QED) is 0.535. The van der Waals surface area contributed by atoms with Gasteiger partial charge < -0.3 is 0 Å². The first kappa shape index (κ1) is 7.75. The molecule has 1 unspecified atom stereocenters. The highest BCUT2D eigenvalue weighted by molar-refractivity contribution is 6.30. The number of hydrogen-bond donors (Lipinski definition) is 0. The standard InChI is InChI=1S/C3HClF3O/c4-3(7,1-8)2(5)6/h2H. The molecule has 0 amide bonds. The highest BCUT2D eigenvalue weighted by Crippen LogP contribution is 2.22. The molecule has 0 N–H and O–H groups in total. The van der Waals surface area contributed by atoms with Crippen LogP contribution in [0, 0.1) is 0 Å². The van der Waals surface area contributed by atoms with Gasteiger partial charge in [-0.3, -0.25) is 4.79 Å². The summed E-state index contributed by atoms with van der Waals surface area (Å²) in [6, 6.07) is 0. The first-order valence-electron chi connectivity index (χ1n) is 1.56. The molecule has 0 aliphatic heterocycles. The summed E-state index contributed by atoms with van der Waals surface area (Å²) in [5.41, 5.74) is 0. The lowest BCUT2D eigenvalue weighted by molar-refractivity contribution is 0.0597. The van der Waals surface area contributed by atoms with E-state index in [2.05, 4.69) is 11.6 Å². The molecule has 0 rings (SSSR count). The molecule has 47 valence electrons. The van der Waals surface area contributed by atoms with E-state index in [4.69, 9.17) is 4.79 Å². The summed E-state index contributed by atoms with van der Waals surface area (Å²) >= 11 is 4.22. The van der Waals surface area contributed by atoms with Gasteiger partial charge in [-0.05, 0) is 0 Å². The fraction of sp³-hybridized carbons (Fsp3) is 0.667. The third-order valence-electron chi connectivity index (χ3n) is 0.410. The predicted octanol–water partition coefficient (Wildman–Crippen LogP) is 1.27. The highest BCUT2D eigenvalue weighted by Gasteiger charge is 2.38. The zero-order chi connectivity index (χ0) is 6.78. The van der Waals surface area contributed by atoms with Gasteiger partial charge in [0.25, 0.3) is 12.7 Å². The van der Waals surface area contributed by atoms with E-state index >= 15 is 0 Å². The van der Waals surface area contributed by atoms with Gasteiger partial charge in [-0.15, -0.1) is 0 Å². The molecule has 1 atom stereocenters. The van der Waals surface area contributed by atoms with E-state index in [0.29, 0.717) is 6.29 Å². The van der Waals surface area contributed by atoms with Crippen molar-refractivity contribution in [2.75, 3.05) is 0 Å². The Kier molecular flexibility index (Phi) is 2.27. The summed E-state index contributed by atoms with van der Waals surface area (Å²) in [6.45, 7) is 0. The minimum atomic E-state index is -3.62. The van der Waals surface area contributed by atoms with Crippen LogP contribution in [0.25, 0.3) is 0 Å². The topological polar surface area (TPSA) is 17.1 Å². The molecule has 0 aliphatic rings. The number of carbonyl (C=O) groups excluding carboxylic acids is 1. The summed E-state index contributed by atoms with van der Waals surface area (Å²) < 4.78 is 33.6. The lowest BCUT2D eigenvalue weighted by Crippen LogP contribution is -2.26. The van der Waals surface area contributed by atoms with Crippen molar-refractivity contribution in [1.29, 1.82) is 0 Å². The Bertz CT molecular complexity index is 92.5. The average Bonchev–Trinajstić information content (AvgIpc) is 1.67. The zero-order valence-electron chi connectivity index (χ0n) is 3.50. The second-order valence-electron chi connectivity index (χ2n) is 1.03. The van der Waals surface area contributed by atoms with Gasteiger partial charge in [0, 0.05) is 0 Å². The van der Waals surface area contributed by atoms with Crippen LogP contribution in [-0.4, -0.2) is 17.8 Å². The van der Waals surface area contributed by atoms with Crippen LogP contribution in [0.3, 0.4) is 0 Å². The first-order valence-corrected chi connectivity index (χ1v) is 1.94. The minimum Gasteiger partial charge on any atom is -0.285 e. The predicted molar refractivity (Wildman–Crippen MR) is 21.4 cm³/mol. The normalized spacial score (nSPS) is 18.1. The maximum absolute atomic E-state index is 11.5. The molecule has 0 bridgehead atoms.